The van der Waals surface area contributed by atoms with E-state index in [-0.39, 0.29) is 12.5 Å². The molecule has 1 aliphatic heterocycles. The fourth-order valence-electron chi connectivity index (χ4n) is 2.93. The van der Waals surface area contributed by atoms with Crippen molar-refractivity contribution in [3.05, 3.63) is 71.5 Å². The smallest absolute Gasteiger partial charge is 0.319 e. The number of hydrogen-bond donors (Lipinski definition) is 1. The molecule has 1 atom stereocenters. The summed E-state index contributed by atoms with van der Waals surface area (Å²) in [5.74, 6) is -0.777. The van der Waals surface area contributed by atoms with Crippen LogP contribution in [0.15, 0.2) is 54.6 Å². The maximum atomic E-state index is 13.8. The molecule has 3 amide bonds. The van der Waals surface area contributed by atoms with E-state index in [4.69, 9.17) is 0 Å². The van der Waals surface area contributed by atoms with Gasteiger partial charge in [0.2, 0.25) is 0 Å². The van der Waals surface area contributed by atoms with E-state index in [9.17, 15) is 14.0 Å². The number of benzene rings is 2. The van der Waals surface area contributed by atoms with Gasteiger partial charge in [-0.2, -0.15) is 0 Å². The van der Waals surface area contributed by atoms with Gasteiger partial charge >= 0.3 is 6.03 Å². The number of urea groups is 1. The number of halogens is 1. The highest BCUT2D eigenvalue weighted by atomic mass is 19.1. The topological polar surface area (TPSA) is 49.4 Å². The Morgan fingerprint density at radius 2 is 1.70 bits per heavy atom. The first kappa shape index (κ1) is 15.2. The summed E-state index contributed by atoms with van der Waals surface area (Å²) < 4.78 is 13.8. The molecule has 0 saturated carbocycles. The van der Waals surface area contributed by atoms with Crippen molar-refractivity contribution in [2.24, 2.45) is 0 Å². The van der Waals surface area contributed by atoms with Crippen LogP contribution in [0.25, 0.3) is 0 Å². The standard InChI is InChI=1S/C18H17FN2O2/c1-2-18(14-9-4-3-5-10-14)16(22)21(17(23)20-18)12-13-8-6-7-11-15(13)19/h3-11H,2,12H2,1H3,(H,20,23). The summed E-state index contributed by atoms with van der Waals surface area (Å²) in [5.41, 5.74) is -0.0308. The van der Waals surface area contributed by atoms with Gasteiger partial charge < -0.3 is 5.32 Å². The molecule has 0 aliphatic carbocycles. The van der Waals surface area contributed by atoms with Crippen LogP contribution < -0.4 is 5.32 Å². The minimum Gasteiger partial charge on any atom is -0.319 e. The predicted molar refractivity (Wildman–Crippen MR) is 83.9 cm³/mol. The fraction of sp³-hybridized carbons (Fsp3) is 0.222. The first-order valence-corrected chi connectivity index (χ1v) is 7.51. The van der Waals surface area contributed by atoms with Gasteiger partial charge in [0, 0.05) is 5.56 Å². The van der Waals surface area contributed by atoms with E-state index in [2.05, 4.69) is 5.32 Å². The first-order valence-electron chi connectivity index (χ1n) is 7.51. The lowest BCUT2D eigenvalue weighted by atomic mass is 9.87. The molecule has 1 aliphatic rings. The number of nitrogens with one attached hydrogen (secondary N) is 1. The maximum absolute atomic E-state index is 13.8. The van der Waals surface area contributed by atoms with Gasteiger partial charge in [-0.15, -0.1) is 0 Å². The van der Waals surface area contributed by atoms with Crippen LogP contribution in [0.4, 0.5) is 9.18 Å². The third kappa shape index (κ3) is 2.48. The van der Waals surface area contributed by atoms with Crippen LogP contribution in [-0.4, -0.2) is 16.8 Å². The predicted octanol–water partition coefficient (Wildman–Crippen LogP) is 3.18. The number of hydrogen-bond acceptors (Lipinski definition) is 2. The third-order valence-electron chi connectivity index (χ3n) is 4.26. The summed E-state index contributed by atoms with van der Waals surface area (Å²) in [7, 11) is 0. The van der Waals surface area contributed by atoms with Crippen molar-refractivity contribution in [3.8, 4) is 0 Å². The zero-order valence-electron chi connectivity index (χ0n) is 12.8. The van der Waals surface area contributed by atoms with E-state index >= 15 is 0 Å². The van der Waals surface area contributed by atoms with Crippen LogP contribution in [0.2, 0.25) is 0 Å². The monoisotopic (exact) mass is 312 g/mol. The van der Waals surface area contributed by atoms with Crippen molar-refractivity contribution < 1.29 is 14.0 Å². The SMILES string of the molecule is CCC1(c2ccccc2)NC(=O)N(Cc2ccccc2F)C1=O. The van der Waals surface area contributed by atoms with Gasteiger partial charge in [-0.25, -0.2) is 9.18 Å². The van der Waals surface area contributed by atoms with Crippen LogP contribution in [0.3, 0.4) is 0 Å². The second kappa shape index (κ2) is 5.83. The molecular formula is C18H17FN2O2. The molecule has 1 N–H and O–H groups in total. The summed E-state index contributed by atoms with van der Waals surface area (Å²) in [6.07, 6.45) is 0.426. The van der Waals surface area contributed by atoms with Crippen LogP contribution in [0.1, 0.15) is 24.5 Å². The van der Waals surface area contributed by atoms with Gasteiger partial charge in [0.05, 0.1) is 6.54 Å². The Kier molecular flexibility index (Phi) is 3.86. The van der Waals surface area contributed by atoms with Crippen molar-refractivity contribution in [2.75, 3.05) is 0 Å². The van der Waals surface area contributed by atoms with Crippen LogP contribution in [0.5, 0.6) is 0 Å². The number of imide groups is 1. The van der Waals surface area contributed by atoms with E-state index in [1.807, 2.05) is 37.3 Å². The highest BCUT2D eigenvalue weighted by Crippen LogP contribution is 2.33. The van der Waals surface area contributed by atoms with Crippen molar-refractivity contribution in [3.63, 3.8) is 0 Å². The summed E-state index contributed by atoms with van der Waals surface area (Å²) in [5, 5.41) is 2.79. The lowest BCUT2D eigenvalue weighted by molar-refractivity contribution is -0.132. The Balaban J connectivity index is 1.95. The van der Waals surface area contributed by atoms with Gasteiger partial charge in [0.25, 0.3) is 5.91 Å². The zero-order valence-corrected chi connectivity index (χ0v) is 12.8. The van der Waals surface area contributed by atoms with Crippen LogP contribution in [-0.2, 0) is 16.9 Å². The molecule has 2 aromatic carbocycles. The van der Waals surface area contributed by atoms with Gasteiger partial charge in [-0.3, -0.25) is 9.69 Å². The highest BCUT2D eigenvalue weighted by molar-refractivity contribution is 6.07. The van der Waals surface area contributed by atoms with Gasteiger partial charge in [0.1, 0.15) is 11.4 Å². The number of rotatable bonds is 4. The molecule has 1 fully saturated rings. The minimum absolute atomic E-state index is 0.0775. The van der Waals surface area contributed by atoms with E-state index in [0.29, 0.717) is 12.0 Å². The largest absolute Gasteiger partial charge is 0.325 e. The second-order valence-electron chi connectivity index (χ2n) is 5.54. The summed E-state index contributed by atoms with van der Waals surface area (Å²) in [6, 6.07) is 14.8. The Bertz CT molecular complexity index is 748. The van der Waals surface area contributed by atoms with Crippen LogP contribution >= 0.6 is 0 Å². The summed E-state index contributed by atoms with van der Waals surface area (Å²) >= 11 is 0. The summed E-state index contributed by atoms with van der Waals surface area (Å²) in [4.78, 5) is 26.3. The Hall–Kier alpha value is -2.69. The number of amides is 3. The molecular weight excluding hydrogens is 295 g/mol. The first-order chi connectivity index (χ1) is 11.1. The average molecular weight is 312 g/mol. The average Bonchev–Trinajstić information content (AvgIpc) is 2.82. The van der Waals surface area contributed by atoms with Gasteiger partial charge in [-0.05, 0) is 18.1 Å². The van der Waals surface area contributed by atoms with Gasteiger partial charge in [-0.1, -0.05) is 55.5 Å². The number of carbonyl (C=O) groups is 2. The van der Waals surface area contributed by atoms with Crippen molar-refractivity contribution in [1.82, 2.24) is 10.2 Å². The lowest BCUT2D eigenvalue weighted by Gasteiger charge is -2.25. The Morgan fingerprint density at radius 1 is 1.04 bits per heavy atom. The molecule has 118 valence electrons. The molecule has 4 nitrogen and oxygen atoms in total. The second-order valence-corrected chi connectivity index (χ2v) is 5.54. The fourth-order valence-corrected chi connectivity index (χ4v) is 2.93. The minimum atomic E-state index is -1.08. The third-order valence-corrected chi connectivity index (χ3v) is 4.26. The molecule has 0 radical (unpaired) electrons. The van der Waals surface area contributed by atoms with Crippen LogP contribution in [0, 0.1) is 5.82 Å². The maximum Gasteiger partial charge on any atom is 0.325 e. The molecule has 0 bridgehead atoms. The van der Waals surface area contributed by atoms with Crippen molar-refractivity contribution in [1.29, 1.82) is 0 Å². The molecule has 1 unspecified atom stereocenters. The molecule has 23 heavy (non-hydrogen) atoms. The van der Waals surface area contributed by atoms with Crippen molar-refractivity contribution >= 4 is 11.9 Å². The normalized spacial score (nSPS) is 20.7. The summed E-state index contributed by atoms with van der Waals surface area (Å²) in [6.45, 7) is 1.77. The zero-order chi connectivity index (χ0) is 16.4. The van der Waals surface area contributed by atoms with Gasteiger partial charge in [0.15, 0.2) is 0 Å². The lowest BCUT2D eigenvalue weighted by Crippen LogP contribution is -2.43. The number of carbonyl (C=O) groups excluding carboxylic acids is 2. The van der Waals surface area contributed by atoms with E-state index < -0.39 is 17.4 Å². The molecule has 1 heterocycles. The van der Waals surface area contributed by atoms with E-state index in [1.165, 1.54) is 6.07 Å². The van der Waals surface area contributed by atoms with E-state index in [1.54, 1.807) is 18.2 Å². The molecule has 0 spiro atoms. The number of nitrogens with zero attached hydrogens (tertiary/aromatic N) is 1. The Labute approximate surface area is 133 Å². The molecule has 1 saturated heterocycles. The quantitative estimate of drug-likeness (QED) is 0.882. The molecule has 2 aromatic rings. The Morgan fingerprint density at radius 3 is 2.35 bits per heavy atom. The molecule has 3 rings (SSSR count). The molecule has 5 heteroatoms. The van der Waals surface area contributed by atoms with Crippen molar-refractivity contribution in [2.45, 2.75) is 25.4 Å². The highest BCUT2D eigenvalue weighted by Gasteiger charge is 2.51. The van der Waals surface area contributed by atoms with E-state index in [0.717, 1.165) is 10.5 Å². The molecule has 0 aromatic heterocycles.